The standard InChI is InChI=1S/C27H26N2O7/c1-15(30)34-21-9-7-17-13-20-18-8-10-22(26-27(18,11-12-28(20)2)24(17)25(21)36-26)35-23(31)14-16-5-3-4-6-19(16)29(32)33/h3-10,18,20,22,26H,11-14H2,1-2H3/t18-,20+,22-,26-,27-/m0/s1. The van der Waals surface area contributed by atoms with E-state index in [2.05, 4.69) is 18.0 Å². The number of para-hydroxylation sites is 1. The first-order chi connectivity index (χ1) is 17.3. The fraction of sp³-hybridized carbons (Fsp3) is 0.407. The Hall–Kier alpha value is -3.72. The molecular weight excluding hydrogens is 464 g/mol. The van der Waals surface area contributed by atoms with Crippen molar-refractivity contribution < 1.29 is 28.7 Å². The van der Waals surface area contributed by atoms with Gasteiger partial charge in [0, 0.05) is 41.5 Å². The Morgan fingerprint density at radius 3 is 2.81 bits per heavy atom. The summed E-state index contributed by atoms with van der Waals surface area (Å²) in [6.07, 6.45) is 4.31. The van der Waals surface area contributed by atoms with E-state index in [0.717, 1.165) is 30.5 Å². The molecule has 9 heteroatoms. The number of esters is 2. The number of likely N-dealkylation sites (tertiary alicyclic amines) is 1. The highest BCUT2D eigenvalue weighted by atomic mass is 16.6. The van der Waals surface area contributed by atoms with Crippen molar-refractivity contribution in [3.63, 3.8) is 0 Å². The number of rotatable bonds is 5. The molecule has 0 aromatic heterocycles. The van der Waals surface area contributed by atoms with Crippen LogP contribution >= 0.6 is 0 Å². The summed E-state index contributed by atoms with van der Waals surface area (Å²) in [4.78, 5) is 38.0. The smallest absolute Gasteiger partial charge is 0.311 e. The molecule has 0 N–H and O–H groups in total. The van der Waals surface area contributed by atoms with Gasteiger partial charge in [-0.3, -0.25) is 19.7 Å². The molecule has 2 heterocycles. The molecule has 36 heavy (non-hydrogen) atoms. The van der Waals surface area contributed by atoms with Crippen molar-refractivity contribution >= 4 is 17.6 Å². The summed E-state index contributed by atoms with van der Waals surface area (Å²) in [5, 5.41) is 11.4. The number of nitro groups is 1. The van der Waals surface area contributed by atoms with Gasteiger partial charge in [-0.25, -0.2) is 0 Å². The van der Waals surface area contributed by atoms with Crippen molar-refractivity contribution in [1.29, 1.82) is 0 Å². The molecule has 1 saturated heterocycles. The number of piperidine rings is 1. The Kier molecular flexibility index (Phi) is 5.15. The minimum atomic E-state index is -0.677. The van der Waals surface area contributed by atoms with Gasteiger partial charge in [-0.1, -0.05) is 30.3 Å². The summed E-state index contributed by atoms with van der Waals surface area (Å²) in [6, 6.07) is 10.2. The number of ether oxygens (including phenoxy) is 3. The summed E-state index contributed by atoms with van der Waals surface area (Å²) >= 11 is 0. The van der Waals surface area contributed by atoms with Gasteiger partial charge in [0.15, 0.2) is 17.6 Å². The molecule has 9 nitrogen and oxygen atoms in total. The Morgan fingerprint density at radius 2 is 2.03 bits per heavy atom. The number of likely N-dealkylation sites (N-methyl/N-ethyl adjacent to an activating group) is 1. The molecule has 1 fully saturated rings. The van der Waals surface area contributed by atoms with Gasteiger partial charge < -0.3 is 19.1 Å². The third-order valence-electron chi connectivity index (χ3n) is 8.16. The van der Waals surface area contributed by atoms with E-state index in [1.807, 2.05) is 12.1 Å². The molecule has 1 spiro atoms. The van der Waals surface area contributed by atoms with Crippen LogP contribution in [0.25, 0.3) is 0 Å². The maximum Gasteiger partial charge on any atom is 0.311 e. The fourth-order valence-corrected chi connectivity index (χ4v) is 6.73. The lowest BCUT2D eigenvalue weighted by Crippen LogP contribution is -2.65. The molecule has 2 aliphatic carbocycles. The van der Waals surface area contributed by atoms with Crippen molar-refractivity contribution in [3.05, 3.63) is 75.4 Å². The highest BCUT2D eigenvalue weighted by Crippen LogP contribution is 2.62. The predicted molar refractivity (Wildman–Crippen MR) is 128 cm³/mol. The zero-order valence-corrected chi connectivity index (χ0v) is 20.0. The Morgan fingerprint density at radius 1 is 1.22 bits per heavy atom. The average molecular weight is 491 g/mol. The minimum absolute atomic E-state index is 0.113. The van der Waals surface area contributed by atoms with Crippen LogP contribution in [0, 0.1) is 16.0 Å². The number of hydrogen-bond acceptors (Lipinski definition) is 8. The van der Waals surface area contributed by atoms with E-state index in [1.165, 1.54) is 13.0 Å². The molecule has 0 unspecified atom stereocenters. The SMILES string of the molecule is CC(=O)Oc1ccc2c3c1O[C@H]1[C@@H](OC(=O)Cc4ccccc4[N+](=O)[O-])C=C[C@H]4[C@@H](C2)N(C)CC[C@@]341. The average Bonchev–Trinajstić information content (AvgIpc) is 3.19. The summed E-state index contributed by atoms with van der Waals surface area (Å²) in [5.74, 6) is 0.110. The van der Waals surface area contributed by atoms with Crippen LogP contribution in [0.15, 0.2) is 48.6 Å². The lowest BCUT2D eigenvalue weighted by Gasteiger charge is -2.56. The normalized spacial score (nSPS) is 29.2. The summed E-state index contributed by atoms with van der Waals surface area (Å²) in [6.45, 7) is 2.22. The predicted octanol–water partition coefficient (Wildman–Crippen LogP) is 3.12. The number of nitrogens with zero attached hydrogens (tertiary/aromatic N) is 2. The largest absolute Gasteiger partial charge is 0.481 e. The van der Waals surface area contributed by atoms with Crippen molar-refractivity contribution in [1.82, 2.24) is 4.90 Å². The van der Waals surface area contributed by atoms with Crippen LogP contribution < -0.4 is 9.47 Å². The lowest BCUT2D eigenvalue weighted by atomic mass is 9.53. The van der Waals surface area contributed by atoms with Gasteiger partial charge in [0.1, 0.15) is 6.10 Å². The first-order valence-electron chi connectivity index (χ1n) is 12.1. The second kappa shape index (κ2) is 8.16. The maximum absolute atomic E-state index is 13.0. The molecule has 186 valence electrons. The van der Waals surface area contributed by atoms with Crippen LogP contribution in [0.1, 0.15) is 30.0 Å². The van der Waals surface area contributed by atoms with Crippen LogP contribution in [-0.4, -0.2) is 53.6 Å². The van der Waals surface area contributed by atoms with E-state index in [-0.39, 0.29) is 24.1 Å². The topological polar surface area (TPSA) is 108 Å². The quantitative estimate of drug-likeness (QED) is 0.207. The van der Waals surface area contributed by atoms with Crippen LogP contribution in [0.3, 0.4) is 0 Å². The molecule has 2 aromatic rings. The number of benzene rings is 2. The molecule has 4 aliphatic rings. The summed E-state index contributed by atoms with van der Waals surface area (Å²) in [5.41, 5.74) is 2.00. The van der Waals surface area contributed by atoms with E-state index in [0.29, 0.717) is 17.1 Å². The molecule has 2 aromatic carbocycles. The highest BCUT2D eigenvalue weighted by Gasteiger charge is 2.65. The molecule has 6 rings (SSSR count). The lowest BCUT2D eigenvalue weighted by molar-refractivity contribution is -0.385. The van der Waals surface area contributed by atoms with Gasteiger partial charge in [0.2, 0.25) is 0 Å². The van der Waals surface area contributed by atoms with Crippen molar-refractivity contribution in [3.8, 4) is 11.5 Å². The zero-order valence-electron chi connectivity index (χ0n) is 20.0. The van der Waals surface area contributed by atoms with Crippen LogP contribution in [0.4, 0.5) is 5.69 Å². The van der Waals surface area contributed by atoms with E-state index in [4.69, 9.17) is 14.2 Å². The summed E-state index contributed by atoms with van der Waals surface area (Å²) in [7, 11) is 2.13. The molecule has 2 bridgehead atoms. The van der Waals surface area contributed by atoms with Gasteiger partial charge >= 0.3 is 11.9 Å². The molecule has 0 saturated carbocycles. The number of carbonyl (C=O) groups excluding carboxylic acids is 2. The Bertz CT molecular complexity index is 1320. The summed E-state index contributed by atoms with van der Waals surface area (Å²) < 4.78 is 18.0. The number of hydrogen-bond donors (Lipinski definition) is 0. The molecular formula is C27H26N2O7. The Labute approximate surface area is 207 Å². The second-order valence-electron chi connectivity index (χ2n) is 10.0. The van der Waals surface area contributed by atoms with Gasteiger partial charge in [0.25, 0.3) is 5.69 Å². The van der Waals surface area contributed by atoms with Crippen molar-refractivity contribution in [2.24, 2.45) is 5.92 Å². The molecule has 5 atom stereocenters. The van der Waals surface area contributed by atoms with Gasteiger partial charge in [-0.2, -0.15) is 0 Å². The van der Waals surface area contributed by atoms with E-state index < -0.39 is 34.5 Å². The second-order valence-corrected chi connectivity index (χ2v) is 10.0. The van der Waals surface area contributed by atoms with Gasteiger partial charge in [0.05, 0.1) is 11.3 Å². The van der Waals surface area contributed by atoms with Gasteiger partial charge in [-0.05, 0) is 44.1 Å². The molecule has 2 aliphatic heterocycles. The minimum Gasteiger partial charge on any atom is -0.481 e. The van der Waals surface area contributed by atoms with E-state index in [9.17, 15) is 19.7 Å². The van der Waals surface area contributed by atoms with E-state index in [1.54, 1.807) is 24.3 Å². The van der Waals surface area contributed by atoms with Crippen LogP contribution in [-0.2, 0) is 32.6 Å². The Balaban J connectivity index is 1.36. The maximum atomic E-state index is 13.0. The molecule has 0 amide bonds. The first-order valence-corrected chi connectivity index (χ1v) is 12.1. The number of nitro benzene ring substituents is 1. The molecule has 0 radical (unpaired) electrons. The first kappa shape index (κ1) is 22.7. The zero-order chi connectivity index (χ0) is 25.2. The van der Waals surface area contributed by atoms with Gasteiger partial charge in [-0.15, -0.1) is 0 Å². The monoisotopic (exact) mass is 490 g/mol. The highest BCUT2D eigenvalue weighted by molar-refractivity contribution is 5.75. The van der Waals surface area contributed by atoms with Crippen LogP contribution in [0.2, 0.25) is 0 Å². The third kappa shape index (κ3) is 3.26. The van der Waals surface area contributed by atoms with Crippen molar-refractivity contribution in [2.75, 3.05) is 13.6 Å². The van der Waals surface area contributed by atoms with E-state index >= 15 is 0 Å². The van der Waals surface area contributed by atoms with Crippen LogP contribution in [0.5, 0.6) is 11.5 Å². The number of carbonyl (C=O) groups is 2. The fourth-order valence-electron chi connectivity index (χ4n) is 6.73. The van der Waals surface area contributed by atoms with Crippen molar-refractivity contribution in [2.45, 2.75) is 49.9 Å². The third-order valence-corrected chi connectivity index (χ3v) is 8.16.